The Morgan fingerprint density at radius 3 is 2.54 bits per heavy atom. The molecule has 2 rings (SSSR count). The van der Waals surface area contributed by atoms with Crippen molar-refractivity contribution in [2.45, 2.75) is 32.4 Å². The first kappa shape index (κ1) is 22.4. The minimum atomic E-state index is -4.52. The van der Waals surface area contributed by atoms with E-state index in [1.807, 2.05) is 0 Å². The number of alkyl halides is 5. The predicted molar refractivity (Wildman–Crippen MR) is 98.4 cm³/mol. The molecule has 0 radical (unpaired) electrons. The average Bonchev–Trinajstić information content (AvgIpc) is 3.18. The number of imidazole rings is 1. The third-order valence-corrected chi connectivity index (χ3v) is 4.89. The Labute approximate surface area is 170 Å². The summed E-state index contributed by atoms with van der Waals surface area (Å²) in [6.07, 6.45) is -2.08. The predicted octanol–water partition coefficient (Wildman–Crippen LogP) is 4.90. The van der Waals surface area contributed by atoms with Crippen LogP contribution in [0.4, 0.5) is 13.2 Å². The summed E-state index contributed by atoms with van der Waals surface area (Å²) in [6.45, 7) is 3.48. The topological polar surface area (TPSA) is 53.4 Å². The summed E-state index contributed by atoms with van der Waals surface area (Å²) in [6, 6.07) is 4.42. The van der Waals surface area contributed by atoms with Gasteiger partial charge in [-0.15, -0.1) is 23.2 Å². The van der Waals surface area contributed by atoms with Gasteiger partial charge in [-0.25, -0.2) is 4.98 Å². The molecule has 154 valence electrons. The van der Waals surface area contributed by atoms with E-state index >= 15 is 0 Å². The molecule has 0 saturated heterocycles. The number of ether oxygens (including phenoxy) is 2. The number of carbonyl (C=O) groups excluding carboxylic acids is 1. The van der Waals surface area contributed by atoms with Crippen LogP contribution < -0.4 is 4.74 Å². The van der Waals surface area contributed by atoms with Crippen LogP contribution >= 0.6 is 23.2 Å². The highest BCUT2D eigenvalue weighted by molar-refractivity contribution is 6.26. The Morgan fingerprint density at radius 2 is 2.00 bits per heavy atom. The van der Waals surface area contributed by atoms with E-state index in [9.17, 15) is 18.0 Å². The second kappa shape index (κ2) is 9.05. The quantitative estimate of drug-likeness (QED) is 0.434. The molecule has 1 aromatic carbocycles. The highest BCUT2D eigenvalue weighted by Crippen LogP contribution is 2.36. The monoisotopic (exact) mass is 438 g/mol. The molecule has 0 spiro atoms. The first-order chi connectivity index (χ1) is 13.1. The highest BCUT2D eigenvalue weighted by Gasteiger charge is 2.41. The molecular weight excluding hydrogens is 420 g/mol. The molecule has 0 saturated carbocycles. The minimum Gasteiger partial charge on any atom is -0.466 e. The molecule has 0 aliphatic rings. The Bertz CT molecular complexity index is 783. The molecule has 1 aromatic heterocycles. The maximum absolute atomic E-state index is 13.0. The third-order valence-electron chi connectivity index (χ3n) is 3.98. The lowest BCUT2D eigenvalue weighted by molar-refractivity contribution is -0.164. The summed E-state index contributed by atoms with van der Waals surface area (Å²) in [7, 11) is 0. The number of aromatic nitrogens is 2. The largest absolute Gasteiger partial charge is 0.466 e. The molecule has 0 aliphatic carbocycles. The van der Waals surface area contributed by atoms with Crippen molar-refractivity contribution in [2.75, 3.05) is 11.8 Å². The molecule has 2 atom stereocenters. The number of benzene rings is 1. The lowest BCUT2D eigenvalue weighted by Crippen LogP contribution is -2.44. The van der Waals surface area contributed by atoms with E-state index in [2.05, 4.69) is 4.98 Å². The smallest absolute Gasteiger partial charge is 0.416 e. The molecule has 1 heterocycles. The van der Waals surface area contributed by atoms with Gasteiger partial charge >= 0.3 is 12.1 Å². The van der Waals surface area contributed by atoms with Crippen LogP contribution in [0.5, 0.6) is 5.75 Å². The van der Waals surface area contributed by atoms with Crippen molar-refractivity contribution in [2.24, 2.45) is 5.41 Å². The Balaban J connectivity index is 2.45. The van der Waals surface area contributed by atoms with Crippen LogP contribution in [-0.2, 0) is 15.7 Å². The van der Waals surface area contributed by atoms with Crippen LogP contribution in [0.15, 0.2) is 43.0 Å². The molecule has 5 nitrogen and oxygen atoms in total. The van der Waals surface area contributed by atoms with Crippen molar-refractivity contribution >= 4 is 29.2 Å². The number of rotatable bonds is 8. The Hall–Kier alpha value is -1.93. The first-order valence-corrected chi connectivity index (χ1v) is 9.28. The zero-order chi connectivity index (χ0) is 20.9. The van der Waals surface area contributed by atoms with Crippen molar-refractivity contribution in [3.63, 3.8) is 0 Å². The van der Waals surface area contributed by atoms with Crippen molar-refractivity contribution in [1.29, 1.82) is 0 Å². The molecule has 0 N–H and O–H groups in total. The summed E-state index contributed by atoms with van der Waals surface area (Å²) in [4.78, 5) is 15.8. The number of esters is 1. The van der Waals surface area contributed by atoms with Gasteiger partial charge in [-0.2, -0.15) is 13.2 Å². The number of hydrogen-bond donors (Lipinski definition) is 0. The molecule has 2 aromatic rings. The van der Waals surface area contributed by atoms with Crippen molar-refractivity contribution in [3.05, 3.63) is 48.5 Å². The first-order valence-electron chi connectivity index (χ1n) is 8.21. The summed E-state index contributed by atoms with van der Waals surface area (Å²) < 4.78 is 51.9. The maximum atomic E-state index is 13.0. The van der Waals surface area contributed by atoms with Crippen LogP contribution in [-0.4, -0.2) is 33.4 Å². The molecule has 0 fully saturated rings. The van der Waals surface area contributed by atoms with E-state index in [-0.39, 0.29) is 11.6 Å². The number of carbonyl (C=O) groups is 1. The van der Waals surface area contributed by atoms with Gasteiger partial charge in [0.1, 0.15) is 11.6 Å². The Morgan fingerprint density at radius 1 is 1.29 bits per heavy atom. The van der Waals surface area contributed by atoms with E-state index in [1.54, 1.807) is 20.0 Å². The lowest BCUT2D eigenvalue weighted by Gasteiger charge is -2.37. The van der Waals surface area contributed by atoms with E-state index in [4.69, 9.17) is 32.7 Å². The summed E-state index contributed by atoms with van der Waals surface area (Å²) in [5, 5.41) is 0. The van der Waals surface area contributed by atoms with Crippen LogP contribution in [0.25, 0.3) is 0 Å². The average molecular weight is 439 g/mol. The number of hydrogen-bond acceptors (Lipinski definition) is 4. The number of halogens is 5. The van der Waals surface area contributed by atoms with Crippen LogP contribution in [0.2, 0.25) is 0 Å². The van der Waals surface area contributed by atoms with Gasteiger partial charge in [0.05, 0.1) is 11.9 Å². The second-order valence-corrected chi connectivity index (χ2v) is 7.24. The second-order valence-electron chi connectivity index (χ2n) is 6.71. The van der Waals surface area contributed by atoms with Gasteiger partial charge < -0.3 is 9.47 Å². The third kappa shape index (κ3) is 5.54. The van der Waals surface area contributed by atoms with Crippen molar-refractivity contribution < 1.29 is 27.4 Å². The molecule has 28 heavy (non-hydrogen) atoms. The summed E-state index contributed by atoms with van der Waals surface area (Å²) >= 11 is 11.6. The van der Waals surface area contributed by atoms with E-state index in [0.29, 0.717) is 0 Å². The van der Waals surface area contributed by atoms with Gasteiger partial charge in [-0.1, -0.05) is 19.9 Å². The molecule has 0 amide bonds. The normalized spacial score (nSPS) is 14.4. The van der Waals surface area contributed by atoms with Gasteiger partial charge in [0.15, 0.2) is 6.10 Å². The molecule has 0 bridgehead atoms. The summed E-state index contributed by atoms with van der Waals surface area (Å²) in [5.74, 6) is -1.06. The Kier molecular flexibility index (Phi) is 7.22. The fraction of sp³-hybridized carbons (Fsp3) is 0.444. The van der Waals surface area contributed by atoms with E-state index in [0.717, 1.165) is 12.1 Å². The van der Waals surface area contributed by atoms with Crippen LogP contribution in [0.1, 0.15) is 25.6 Å². The highest BCUT2D eigenvalue weighted by atomic mass is 35.5. The molecular formula is C18H19Cl2F3N2O3. The van der Waals surface area contributed by atoms with Crippen LogP contribution in [0, 0.1) is 5.41 Å². The zero-order valence-electron chi connectivity index (χ0n) is 15.1. The summed E-state index contributed by atoms with van der Waals surface area (Å²) in [5.41, 5.74) is -1.65. The van der Waals surface area contributed by atoms with Gasteiger partial charge in [0.25, 0.3) is 0 Å². The number of nitrogens with zero attached hydrogens (tertiary/aromatic N) is 2. The lowest BCUT2D eigenvalue weighted by atomic mass is 9.87. The molecule has 10 heteroatoms. The fourth-order valence-corrected chi connectivity index (χ4v) is 2.65. The molecule has 2 unspecified atom stereocenters. The SMILES string of the molecule is CC(C)(CCl)C(OC(=O)CCl)C(Oc1cccc(C(F)(F)F)c1)n1ccnc1. The standard InChI is InChI=1S/C18H19Cl2F3N2O3/c1-17(2,10-20)15(28-14(26)9-19)16(25-7-6-24-11-25)27-13-5-3-4-12(8-13)18(21,22)23/h3-8,11,15-16H,9-10H2,1-2H3. The van der Waals surface area contributed by atoms with E-state index in [1.165, 1.54) is 29.2 Å². The van der Waals surface area contributed by atoms with Crippen molar-refractivity contribution in [3.8, 4) is 5.75 Å². The maximum Gasteiger partial charge on any atom is 0.416 e. The van der Waals surface area contributed by atoms with Gasteiger partial charge in [-0.3, -0.25) is 9.36 Å². The zero-order valence-corrected chi connectivity index (χ0v) is 16.6. The van der Waals surface area contributed by atoms with Crippen LogP contribution in [0.3, 0.4) is 0 Å². The fourth-order valence-electron chi connectivity index (χ4n) is 2.44. The van der Waals surface area contributed by atoms with Crippen molar-refractivity contribution in [1.82, 2.24) is 9.55 Å². The van der Waals surface area contributed by atoms with Gasteiger partial charge in [-0.05, 0) is 18.2 Å². The van der Waals surface area contributed by atoms with Gasteiger partial charge in [0.2, 0.25) is 6.23 Å². The minimum absolute atomic E-state index is 0.0502. The van der Waals surface area contributed by atoms with E-state index < -0.39 is 41.3 Å². The van der Waals surface area contributed by atoms with Gasteiger partial charge in [0, 0.05) is 23.7 Å². The molecule has 0 aliphatic heterocycles.